The number of aromatic amines is 2. The van der Waals surface area contributed by atoms with Crippen LogP contribution in [0.3, 0.4) is 0 Å². The van der Waals surface area contributed by atoms with E-state index in [1.165, 1.54) is 0 Å². The monoisotopic (exact) mass is 297 g/mol. The van der Waals surface area contributed by atoms with E-state index in [0.717, 1.165) is 24.1 Å². The highest BCUT2D eigenvalue weighted by atomic mass is 16.3. The molecule has 2 aromatic rings. The van der Waals surface area contributed by atoms with Crippen LogP contribution in [0.2, 0.25) is 0 Å². The zero-order valence-corrected chi connectivity index (χ0v) is 11.8. The van der Waals surface area contributed by atoms with Crippen LogP contribution in [0.25, 0.3) is 0 Å². The molecule has 0 amide bonds. The smallest absolute Gasteiger partial charge is 0.270 e. The number of allylic oxidation sites excluding steroid dienone is 2. The van der Waals surface area contributed by atoms with E-state index in [1.807, 2.05) is 6.07 Å². The number of fused-ring (bicyclic) bond motifs is 1. The number of aromatic hydroxyl groups is 1. The maximum Gasteiger partial charge on any atom is 0.270 e. The Balaban J connectivity index is 1.98. The molecule has 0 spiro atoms. The Kier molecular flexibility index (Phi) is 2.72. The zero-order chi connectivity index (χ0) is 15.3. The maximum atomic E-state index is 12.5. The number of nitrogens with one attached hydrogen (secondary N) is 3. The van der Waals surface area contributed by atoms with Gasteiger partial charge in [-0.2, -0.15) is 0 Å². The topological polar surface area (TPSA) is 98.0 Å². The van der Waals surface area contributed by atoms with Gasteiger partial charge in [0.05, 0.1) is 5.56 Å². The van der Waals surface area contributed by atoms with Crippen LogP contribution in [0.5, 0.6) is 5.75 Å². The van der Waals surface area contributed by atoms with E-state index in [-0.39, 0.29) is 17.1 Å². The van der Waals surface area contributed by atoms with Crippen LogP contribution in [0.15, 0.2) is 40.3 Å². The minimum atomic E-state index is -0.443. The van der Waals surface area contributed by atoms with Crippen molar-refractivity contribution in [2.75, 3.05) is 5.32 Å². The lowest BCUT2D eigenvalue weighted by Crippen LogP contribution is -2.29. The molecule has 0 bridgehead atoms. The highest BCUT2D eigenvalue weighted by molar-refractivity contribution is 6.00. The number of H-pyrrole nitrogens is 2. The summed E-state index contributed by atoms with van der Waals surface area (Å²) in [6.07, 6.45) is 2.08. The van der Waals surface area contributed by atoms with Crippen molar-refractivity contribution < 1.29 is 9.90 Å². The lowest BCUT2D eigenvalue weighted by molar-refractivity contribution is -0.116. The SMILES string of the molecule is O=C1CCCC2=C1[C@H](c1cccc(O)c1)c1c([nH][nH]c1=O)N2. The first kappa shape index (κ1) is 12.9. The Labute approximate surface area is 125 Å². The first-order valence-corrected chi connectivity index (χ1v) is 7.28. The van der Waals surface area contributed by atoms with Gasteiger partial charge in [-0.15, -0.1) is 0 Å². The van der Waals surface area contributed by atoms with Crippen LogP contribution in [-0.4, -0.2) is 21.1 Å². The molecular formula is C16H15N3O3. The van der Waals surface area contributed by atoms with Crippen LogP contribution in [0, 0.1) is 0 Å². The molecule has 1 aliphatic carbocycles. The van der Waals surface area contributed by atoms with Crippen molar-refractivity contribution in [1.29, 1.82) is 0 Å². The average Bonchev–Trinajstić information content (AvgIpc) is 2.87. The number of phenolic OH excluding ortho intramolecular Hbond substituents is 1. The quantitative estimate of drug-likeness (QED) is 0.647. The predicted octanol–water partition coefficient (Wildman–Crippen LogP) is 1.97. The van der Waals surface area contributed by atoms with E-state index in [1.54, 1.807) is 18.2 Å². The normalized spacial score (nSPS) is 20.4. The van der Waals surface area contributed by atoms with E-state index in [4.69, 9.17) is 0 Å². The Morgan fingerprint density at radius 1 is 1.14 bits per heavy atom. The molecule has 0 radical (unpaired) electrons. The number of anilines is 1. The van der Waals surface area contributed by atoms with Crippen molar-refractivity contribution in [3.63, 3.8) is 0 Å². The second-order valence-electron chi connectivity index (χ2n) is 5.69. The number of hydrogen-bond acceptors (Lipinski definition) is 4. The van der Waals surface area contributed by atoms with Gasteiger partial charge < -0.3 is 10.4 Å². The summed E-state index contributed by atoms with van der Waals surface area (Å²) in [7, 11) is 0. The molecule has 2 aliphatic rings. The molecule has 6 heteroatoms. The third kappa shape index (κ3) is 1.80. The Morgan fingerprint density at radius 3 is 2.82 bits per heavy atom. The van der Waals surface area contributed by atoms with Crippen LogP contribution in [-0.2, 0) is 4.79 Å². The van der Waals surface area contributed by atoms with Crippen LogP contribution in [0.1, 0.15) is 36.3 Å². The summed E-state index contributed by atoms with van der Waals surface area (Å²) in [4.78, 5) is 24.6. The molecular weight excluding hydrogens is 282 g/mol. The van der Waals surface area contributed by atoms with E-state index < -0.39 is 5.92 Å². The molecule has 0 fully saturated rings. The predicted molar refractivity (Wildman–Crippen MR) is 80.9 cm³/mol. The third-order valence-electron chi connectivity index (χ3n) is 4.33. The molecule has 4 rings (SSSR count). The minimum absolute atomic E-state index is 0.0633. The van der Waals surface area contributed by atoms with Crippen molar-refractivity contribution in [2.24, 2.45) is 0 Å². The summed E-state index contributed by atoms with van der Waals surface area (Å²) in [6.45, 7) is 0. The number of carbonyl (C=O) groups excluding carboxylic acids is 1. The number of benzene rings is 1. The maximum absolute atomic E-state index is 12.5. The van der Waals surface area contributed by atoms with Gasteiger partial charge in [-0.3, -0.25) is 19.8 Å². The Morgan fingerprint density at radius 2 is 2.00 bits per heavy atom. The van der Waals surface area contributed by atoms with Crippen molar-refractivity contribution in [1.82, 2.24) is 10.2 Å². The Hall–Kier alpha value is -2.76. The molecule has 1 aliphatic heterocycles. The van der Waals surface area contributed by atoms with Gasteiger partial charge in [0.2, 0.25) is 0 Å². The molecule has 22 heavy (non-hydrogen) atoms. The number of phenols is 1. The summed E-state index contributed by atoms with van der Waals surface area (Å²) in [5.41, 5.74) is 2.51. The number of hydrogen-bond donors (Lipinski definition) is 4. The fourth-order valence-electron chi connectivity index (χ4n) is 3.40. The lowest BCUT2D eigenvalue weighted by atomic mass is 9.77. The number of ketones is 1. The van der Waals surface area contributed by atoms with Gasteiger partial charge in [0.25, 0.3) is 5.56 Å². The standard InChI is InChI=1S/C16H15N3O3/c20-9-4-1-3-8(7-9)12-13-10(5-2-6-11(13)21)17-15-14(12)16(22)19-18-15/h1,3-4,7,12,20H,2,5-6H2,(H3,17,18,19,22)/t12-/m0/s1. The van der Waals surface area contributed by atoms with Crippen molar-refractivity contribution in [3.8, 4) is 5.75 Å². The third-order valence-corrected chi connectivity index (χ3v) is 4.33. The molecule has 0 unspecified atom stereocenters. The largest absolute Gasteiger partial charge is 0.508 e. The minimum Gasteiger partial charge on any atom is -0.508 e. The summed E-state index contributed by atoms with van der Waals surface area (Å²) in [6, 6.07) is 6.74. The fraction of sp³-hybridized carbons (Fsp3) is 0.250. The molecule has 0 saturated heterocycles. The molecule has 1 atom stereocenters. The number of rotatable bonds is 1. The van der Waals surface area contributed by atoms with Crippen LogP contribution in [0.4, 0.5) is 5.82 Å². The van der Waals surface area contributed by atoms with E-state index >= 15 is 0 Å². The Bertz CT molecular complexity index is 860. The zero-order valence-electron chi connectivity index (χ0n) is 11.8. The summed E-state index contributed by atoms with van der Waals surface area (Å²) < 4.78 is 0. The molecule has 6 nitrogen and oxygen atoms in total. The van der Waals surface area contributed by atoms with Gasteiger partial charge in [-0.25, -0.2) is 0 Å². The second-order valence-corrected chi connectivity index (χ2v) is 5.69. The van der Waals surface area contributed by atoms with Gasteiger partial charge >= 0.3 is 0 Å². The number of aromatic nitrogens is 2. The van der Waals surface area contributed by atoms with Crippen LogP contribution >= 0.6 is 0 Å². The van der Waals surface area contributed by atoms with E-state index in [0.29, 0.717) is 23.4 Å². The van der Waals surface area contributed by atoms with E-state index in [9.17, 15) is 14.7 Å². The van der Waals surface area contributed by atoms with Crippen molar-refractivity contribution >= 4 is 11.6 Å². The molecule has 1 aromatic carbocycles. The van der Waals surface area contributed by atoms with Crippen LogP contribution < -0.4 is 10.9 Å². The molecule has 0 saturated carbocycles. The van der Waals surface area contributed by atoms with Gasteiger partial charge in [0.1, 0.15) is 11.6 Å². The second kappa shape index (κ2) is 4.62. The van der Waals surface area contributed by atoms with Gasteiger partial charge in [0.15, 0.2) is 5.78 Å². The summed E-state index contributed by atoms with van der Waals surface area (Å²) in [5, 5.41) is 18.3. The summed E-state index contributed by atoms with van der Waals surface area (Å²) in [5.74, 6) is 0.344. The molecule has 4 N–H and O–H groups in total. The van der Waals surface area contributed by atoms with Crippen molar-refractivity contribution in [3.05, 3.63) is 57.0 Å². The van der Waals surface area contributed by atoms with Gasteiger partial charge in [0, 0.05) is 23.6 Å². The van der Waals surface area contributed by atoms with Gasteiger partial charge in [-0.05, 0) is 30.5 Å². The number of Topliss-reactive ketones (excluding diaryl/α,β-unsaturated/α-hetero) is 1. The number of carbonyl (C=O) groups is 1. The first-order valence-electron chi connectivity index (χ1n) is 7.28. The first-order chi connectivity index (χ1) is 10.6. The van der Waals surface area contributed by atoms with Gasteiger partial charge in [-0.1, -0.05) is 12.1 Å². The van der Waals surface area contributed by atoms with Crippen molar-refractivity contribution in [2.45, 2.75) is 25.2 Å². The lowest BCUT2D eigenvalue weighted by Gasteiger charge is -2.31. The molecule has 112 valence electrons. The highest BCUT2D eigenvalue weighted by Crippen LogP contribution is 2.43. The average molecular weight is 297 g/mol. The van der Waals surface area contributed by atoms with E-state index in [2.05, 4.69) is 15.5 Å². The summed E-state index contributed by atoms with van der Waals surface area (Å²) >= 11 is 0. The molecule has 1 aromatic heterocycles. The highest BCUT2D eigenvalue weighted by Gasteiger charge is 2.37. The fourth-order valence-corrected chi connectivity index (χ4v) is 3.40. The molecule has 2 heterocycles.